The van der Waals surface area contributed by atoms with E-state index in [1.165, 1.54) is 0 Å². The fraction of sp³-hybridized carbons (Fsp3) is 0.412. The first-order chi connectivity index (χ1) is 11.0. The molecule has 0 saturated carbocycles. The maximum absolute atomic E-state index is 12.0. The van der Waals surface area contributed by atoms with Crippen LogP contribution < -0.4 is 14.8 Å². The Morgan fingerprint density at radius 3 is 2.96 bits per heavy atom. The maximum Gasteiger partial charge on any atom is 0.226 e. The average Bonchev–Trinajstić information content (AvgIpc) is 3.08. The van der Waals surface area contributed by atoms with Gasteiger partial charge in [-0.2, -0.15) is 0 Å². The standard InChI is InChI=1S/C17H20N2O4/c1-10-4-12-6-15(21-3)13(7-16(12)22-10)9-18-17(20)8-14-5-11(2)23-19-14/h5-7,10H,4,8-9H2,1-3H3,(H,18,20). The monoisotopic (exact) mass is 316 g/mol. The number of fused-ring (bicyclic) bond motifs is 1. The van der Waals surface area contributed by atoms with E-state index < -0.39 is 0 Å². The third-order valence-electron chi connectivity index (χ3n) is 3.79. The Balaban J connectivity index is 1.65. The number of aryl methyl sites for hydroxylation is 1. The predicted octanol–water partition coefficient (Wildman–Crippen LogP) is 2.17. The molecular formula is C17H20N2O4. The van der Waals surface area contributed by atoms with Gasteiger partial charge in [-0.05, 0) is 26.0 Å². The summed E-state index contributed by atoms with van der Waals surface area (Å²) in [5, 5.41) is 6.70. The lowest BCUT2D eigenvalue weighted by Crippen LogP contribution is -2.25. The second kappa shape index (κ2) is 6.32. The first-order valence-corrected chi connectivity index (χ1v) is 7.60. The van der Waals surface area contributed by atoms with E-state index in [4.69, 9.17) is 14.0 Å². The number of nitrogens with zero attached hydrogens (tertiary/aromatic N) is 1. The van der Waals surface area contributed by atoms with Gasteiger partial charge < -0.3 is 19.3 Å². The molecule has 1 aliphatic rings. The summed E-state index contributed by atoms with van der Waals surface area (Å²) in [6, 6.07) is 5.68. The Morgan fingerprint density at radius 1 is 1.43 bits per heavy atom. The van der Waals surface area contributed by atoms with E-state index in [9.17, 15) is 4.79 Å². The van der Waals surface area contributed by atoms with Crippen LogP contribution >= 0.6 is 0 Å². The molecule has 3 rings (SSSR count). The molecule has 2 heterocycles. The van der Waals surface area contributed by atoms with E-state index in [0.717, 1.165) is 29.0 Å². The molecule has 122 valence electrons. The van der Waals surface area contributed by atoms with Gasteiger partial charge in [-0.1, -0.05) is 5.16 Å². The van der Waals surface area contributed by atoms with Gasteiger partial charge in [0.1, 0.15) is 23.4 Å². The van der Waals surface area contributed by atoms with Gasteiger partial charge in [0.2, 0.25) is 5.91 Å². The van der Waals surface area contributed by atoms with Crippen LogP contribution in [0.25, 0.3) is 0 Å². The van der Waals surface area contributed by atoms with Crippen molar-refractivity contribution in [2.24, 2.45) is 0 Å². The topological polar surface area (TPSA) is 73.6 Å². The number of carbonyl (C=O) groups excluding carboxylic acids is 1. The van der Waals surface area contributed by atoms with Gasteiger partial charge in [0.15, 0.2) is 0 Å². The van der Waals surface area contributed by atoms with Gasteiger partial charge in [-0.15, -0.1) is 0 Å². The number of nitrogens with one attached hydrogen (secondary N) is 1. The summed E-state index contributed by atoms with van der Waals surface area (Å²) in [6.07, 6.45) is 1.25. The Kier molecular flexibility index (Phi) is 4.23. The molecule has 1 unspecified atom stereocenters. The first kappa shape index (κ1) is 15.4. The summed E-state index contributed by atoms with van der Waals surface area (Å²) in [5.74, 6) is 2.21. The molecule has 2 aromatic rings. The first-order valence-electron chi connectivity index (χ1n) is 7.60. The zero-order chi connectivity index (χ0) is 16.4. The summed E-state index contributed by atoms with van der Waals surface area (Å²) in [4.78, 5) is 12.0. The van der Waals surface area contributed by atoms with E-state index >= 15 is 0 Å². The molecule has 1 aromatic heterocycles. The molecule has 1 aromatic carbocycles. The van der Waals surface area contributed by atoms with Crippen LogP contribution in [0.5, 0.6) is 11.5 Å². The third-order valence-corrected chi connectivity index (χ3v) is 3.79. The number of hydrogen-bond acceptors (Lipinski definition) is 5. The van der Waals surface area contributed by atoms with Crippen molar-refractivity contribution in [2.45, 2.75) is 39.3 Å². The predicted molar refractivity (Wildman–Crippen MR) is 83.6 cm³/mol. The highest BCUT2D eigenvalue weighted by atomic mass is 16.5. The van der Waals surface area contributed by atoms with Crippen molar-refractivity contribution in [3.63, 3.8) is 0 Å². The maximum atomic E-state index is 12.0. The summed E-state index contributed by atoms with van der Waals surface area (Å²) in [5.41, 5.74) is 2.66. The van der Waals surface area contributed by atoms with Gasteiger partial charge in [0.05, 0.1) is 19.2 Å². The Morgan fingerprint density at radius 2 is 2.26 bits per heavy atom. The van der Waals surface area contributed by atoms with Crippen molar-refractivity contribution < 1.29 is 18.8 Å². The number of carbonyl (C=O) groups is 1. The van der Waals surface area contributed by atoms with Crippen LogP contribution in [0, 0.1) is 6.92 Å². The SMILES string of the molecule is COc1cc2c(cc1CNC(=O)Cc1cc(C)on1)OC(C)C2. The van der Waals surface area contributed by atoms with Crippen LogP contribution in [-0.4, -0.2) is 24.3 Å². The second-order valence-electron chi connectivity index (χ2n) is 5.79. The van der Waals surface area contributed by atoms with E-state index in [2.05, 4.69) is 10.5 Å². The number of benzene rings is 1. The quantitative estimate of drug-likeness (QED) is 0.915. The number of hydrogen-bond donors (Lipinski definition) is 1. The van der Waals surface area contributed by atoms with E-state index in [-0.39, 0.29) is 18.4 Å². The highest BCUT2D eigenvalue weighted by Gasteiger charge is 2.21. The van der Waals surface area contributed by atoms with Crippen LogP contribution in [-0.2, 0) is 24.2 Å². The van der Waals surface area contributed by atoms with E-state index in [1.807, 2.05) is 19.1 Å². The molecule has 0 spiro atoms. The van der Waals surface area contributed by atoms with Crippen molar-refractivity contribution in [3.05, 3.63) is 40.8 Å². The van der Waals surface area contributed by atoms with Gasteiger partial charge >= 0.3 is 0 Å². The largest absolute Gasteiger partial charge is 0.496 e. The number of methoxy groups -OCH3 is 1. The normalized spacial score (nSPS) is 15.9. The fourth-order valence-electron chi connectivity index (χ4n) is 2.73. The lowest BCUT2D eigenvalue weighted by Gasteiger charge is -2.12. The molecule has 6 nitrogen and oxygen atoms in total. The Labute approximate surface area is 134 Å². The molecule has 23 heavy (non-hydrogen) atoms. The molecule has 1 atom stereocenters. The van der Waals surface area contributed by atoms with Crippen LogP contribution in [0.1, 0.15) is 29.5 Å². The molecular weight excluding hydrogens is 296 g/mol. The van der Waals surface area contributed by atoms with Crippen LogP contribution in [0.3, 0.4) is 0 Å². The highest BCUT2D eigenvalue weighted by Crippen LogP contribution is 2.34. The number of aromatic nitrogens is 1. The zero-order valence-corrected chi connectivity index (χ0v) is 13.5. The van der Waals surface area contributed by atoms with Crippen LogP contribution in [0.2, 0.25) is 0 Å². The number of rotatable bonds is 5. The molecule has 0 radical (unpaired) electrons. The van der Waals surface area contributed by atoms with E-state index in [1.54, 1.807) is 20.1 Å². The van der Waals surface area contributed by atoms with Crippen molar-refractivity contribution in [2.75, 3.05) is 7.11 Å². The van der Waals surface area contributed by atoms with Gasteiger partial charge in [-0.3, -0.25) is 4.79 Å². The molecule has 1 N–H and O–H groups in total. The number of amides is 1. The van der Waals surface area contributed by atoms with Crippen molar-refractivity contribution in [1.82, 2.24) is 10.5 Å². The van der Waals surface area contributed by atoms with Gasteiger partial charge in [0.25, 0.3) is 0 Å². The molecule has 0 aliphatic carbocycles. The summed E-state index contributed by atoms with van der Waals surface area (Å²) in [7, 11) is 1.63. The number of ether oxygens (including phenoxy) is 2. The second-order valence-corrected chi connectivity index (χ2v) is 5.79. The van der Waals surface area contributed by atoms with Crippen molar-refractivity contribution in [1.29, 1.82) is 0 Å². The molecule has 6 heteroatoms. The van der Waals surface area contributed by atoms with E-state index in [0.29, 0.717) is 18.0 Å². The minimum Gasteiger partial charge on any atom is -0.496 e. The fourth-order valence-corrected chi connectivity index (χ4v) is 2.73. The van der Waals surface area contributed by atoms with Crippen LogP contribution in [0.4, 0.5) is 0 Å². The Bertz CT molecular complexity index is 723. The Hall–Kier alpha value is -2.50. The molecule has 0 bridgehead atoms. The summed E-state index contributed by atoms with van der Waals surface area (Å²) < 4.78 is 16.1. The minimum absolute atomic E-state index is 0.116. The lowest BCUT2D eigenvalue weighted by molar-refractivity contribution is -0.120. The van der Waals surface area contributed by atoms with Crippen LogP contribution in [0.15, 0.2) is 22.7 Å². The smallest absolute Gasteiger partial charge is 0.226 e. The molecule has 0 saturated heterocycles. The van der Waals surface area contributed by atoms with Crippen molar-refractivity contribution >= 4 is 5.91 Å². The summed E-state index contributed by atoms with van der Waals surface area (Å²) >= 11 is 0. The molecule has 0 fully saturated rings. The zero-order valence-electron chi connectivity index (χ0n) is 13.5. The minimum atomic E-state index is -0.116. The lowest BCUT2D eigenvalue weighted by atomic mass is 10.1. The highest BCUT2D eigenvalue weighted by molar-refractivity contribution is 5.78. The molecule has 1 amide bonds. The average molecular weight is 316 g/mol. The third kappa shape index (κ3) is 3.47. The molecule has 1 aliphatic heterocycles. The summed E-state index contributed by atoms with van der Waals surface area (Å²) in [6.45, 7) is 4.21. The van der Waals surface area contributed by atoms with Gasteiger partial charge in [0, 0.05) is 30.2 Å². The van der Waals surface area contributed by atoms with Crippen molar-refractivity contribution in [3.8, 4) is 11.5 Å². The van der Waals surface area contributed by atoms with Gasteiger partial charge in [-0.25, -0.2) is 0 Å².